The van der Waals surface area contributed by atoms with Crippen LogP contribution in [0.1, 0.15) is 54.2 Å². The van der Waals surface area contributed by atoms with Gasteiger partial charge < -0.3 is 9.80 Å². The summed E-state index contributed by atoms with van der Waals surface area (Å²) in [6.07, 6.45) is 8.96. The van der Waals surface area contributed by atoms with Gasteiger partial charge in [0.2, 0.25) is 5.91 Å². The van der Waals surface area contributed by atoms with Crippen molar-refractivity contribution in [2.24, 2.45) is 5.92 Å². The van der Waals surface area contributed by atoms with E-state index in [2.05, 4.69) is 22.3 Å². The number of H-pyrrole nitrogens is 1. The van der Waals surface area contributed by atoms with Gasteiger partial charge in [0, 0.05) is 43.4 Å². The monoisotopic (exact) mass is 392 g/mol. The summed E-state index contributed by atoms with van der Waals surface area (Å²) in [5, 5.41) is 7.32. The number of carbonyl (C=O) groups excluding carboxylic acids is 2. The Labute approximate surface area is 171 Å². The van der Waals surface area contributed by atoms with Crippen molar-refractivity contribution >= 4 is 17.5 Å². The predicted molar refractivity (Wildman–Crippen MR) is 113 cm³/mol. The van der Waals surface area contributed by atoms with E-state index < -0.39 is 0 Å². The first-order valence-corrected chi connectivity index (χ1v) is 10.5. The van der Waals surface area contributed by atoms with Gasteiger partial charge in [0.25, 0.3) is 5.91 Å². The number of likely N-dealkylation sites (tertiary alicyclic amines) is 1. The number of anilines is 1. The van der Waals surface area contributed by atoms with Gasteiger partial charge in [-0.1, -0.05) is 30.4 Å². The third kappa shape index (κ3) is 4.26. The molecule has 4 rings (SSSR count). The molecule has 1 aliphatic heterocycles. The Hall–Kier alpha value is -2.89. The fraction of sp³-hybridized carbons (Fsp3) is 0.435. The van der Waals surface area contributed by atoms with Gasteiger partial charge >= 0.3 is 0 Å². The number of allylic oxidation sites excluding steroid dienone is 2. The molecule has 2 aromatic rings. The number of rotatable bonds is 4. The molecular weight excluding hydrogens is 364 g/mol. The van der Waals surface area contributed by atoms with Gasteiger partial charge in [0.05, 0.1) is 0 Å². The molecule has 2 heterocycles. The number of nitrogens with one attached hydrogen (secondary N) is 1. The van der Waals surface area contributed by atoms with Crippen molar-refractivity contribution in [3.8, 4) is 0 Å². The lowest BCUT2D eigenvalue weighted by Crippen LogP contribution is -2.41. The summed E-state index contributed by atoms with van der Waals surface area (Å²) in [5.74, 6) is 0.636. The fourth-order valence-corrected chi connectivity index (χ4v) is 4.28. The van der Waals surface area contributed by atoms with E-state index >= 15 is 0 Å². The number of nitrogens with zero attached hydrogens (tertiary/aromatic N) is 3. The molecule has 6 heteroatoms. The summed E-state index contributed by atoms with van der Waals surface area (Å²) in [5.41, 5.74) is 2.26. The zero-order valence-corrected chi connectivity index (χ0v) is 16.9. The van der Waals surface area contributed by atoms with Crippen molar-refractivity contribution in [2.75, 3.05) is 25.0 Å². The highest BCUT2D eigenvalue weighted by atomic mass is 16.2. The van der Waals surface area contributed by atoms with Crippen molar-refractivity contribution < 1.29 is 9.59 Å². The number of amides is 2. The molecule has 1 N–H and O–H groups in total. The molecule has 0 bridgehead atoms. The van der Waals surface area contributed by atoms with Crippen LogP contribution >= 0.6 is 0 Å². The van der Waals surface area contributed by atoms with Gasteiger partial charge in [-0.25, -0.2) is 0 Å². The Bertz CT molecular complexity index is 881. The highest BCUT2D eigenvalue weighted by Crippen LogP contribution is 2.29. The van der Waals surface area contributed by atoms with Crippen LogP contribution in [0.4, 0.5) is 5.69 Å². The lowest BCUT2D eigenvalue weighted by atomic mass is 9.89. The Morgan fingerprint density at radius 3 is 2.55 bits per heavy atom. The van der Waals surface area contributed by atoms with Gasteiger partial charge in [0.1, 0.15) is 0 Å². The van der Waals surface area contributed by atoms with Gasteiger partial charge in [-0.2, -0.15) is 5.10 Å². The molecule has 1 saturated heterocycles. The minimum atomic E-state index is -0.128. The Kier molecular flexibility index (Phi) is 5.79. The average Bonchev–Trinajstić information content (AvgIpc) is 3.29. The maximum absolute atomic E-state index is 12.7. The molecule has 1 aromatic heterocycles. The van der Waals surface area contributed by atoms with Crippen LogP contribution in [0, 0.1) is 5.92 Å². The first-order chi connectivity index (χ1) is 14.1. The summed E-state index contributed by atoms with van der Waals surface area (Å²) >= 11 is 0. The Morgan fingerprint density at radius 2 is 1.86 bits per heavy atom. The van der Waals surface area contributed by atoms with Gasteiger partial charge in [-0.3, -0.25) is 14.7 Å². The molecule has 1 atom stereocenters. The Balaban J connectivity index is 1.35. The molecule has 1 aromatic carbocycles. The fourth-order valence-electron chi connectivity index (χ4n) is 4.28. The first-order valence-electron chi connectivity index (χ1n) is 10.5. The van der Waals surface area contributed by atoms with Crippen molar-refractivity contribution in [1.29, 1.82) is 0 Å². The van der Waals surface area contributed by atoms with Crippen molar-refractivity contribution in [2.45, 2.75) is 38.0 Å². The van der Waals surface area contributed by atoms with Gasteiger partial charge in [0.15, 0.2) is 5.69 Å². The van der Waals surface area contributed by atoms with Gasteiger partial charge in [-0.15, -0.1) is 0 Å². The standard InChI is InChI=1S/C23H28N4O2/c1-26(19-10-6-3-7-11-19)23(29)21-16-20(24-25-21)17-12-14-27(15-13-17)22(28)18-8-4-2-5-9-18/h2-4,6-7,10-11,16-18H,5,8-9,12-15H2,1H3,(H,24,25). The summed E-state index contributed by atoms with van der Waals surface area (Å²) < 4.78 is 0. The molecule has 2 amide bonds. The molecule has 2 aliphatic rings. The number of aromatic amines is 1. The summed E-state index contributed by atoms with van der Waals surface area (Å²) in [6, 6.07) is 11.4. The van der Waals surface area contributed by atoms with Crippen molar-refractivity contribution in [3.63, 3.8) is 0 Å². The minimum absolute atomic E-state index is 0.128. The second-order valence-electron chi connectivity index (χ2n) is 7.99. The van der Waals surface area contributed by atoms with Crippen LogP contribution in [0.2, 0.25) is 0 Å². The topological polar surface area (TPSA) is 69.3 Å². The number of carbonyl (C=O) groups is 2. The number of hydrogen-bond donors (Lipinski definition) is 1. The van der Waals surface area contributed by atoms with Gasteiger partial charge in [-0.05, 0) is 50.3 Å². The second-order valence-corrected chi connectivity index (χ2v) is 7.99. The van der Waals surface area contributed by atoms with Crippen LogP contribution in [0.5, 0.6) is 0 Å². The van der Waals surface area contributed by atoms with Crippen LogP contribution in [0.3, 0.4) is 0 Å². The molecule has 0 radical (unpaired) electrons. The predicted octanol–water partition coefficient (Wildman–Crippen LogP) is 3.75. The molecule has 1 unspecified atom stereocenters. The smallest absolute Gasteiger partial charge is 0.278 e. The van der Waals surface area contributed by atoms with Crippen LogP contribution in [0.15, 0.2) is 48.6 Å². The summed E-state index contributed by atoms with van der Waals surface area (Å²) in [7, 11) is 1.76. The van der Waals surface area contributed by atoms with Crippen molar-refractivity contribution in [1.82, 2.24) is 15.1 Å². The van der Waals surface area contributed by atoms with Crippen LogP contribution in [0.25, 0.3) is 0 Å². The first kappa shape index (κ1) is 19.4. The lowest BCUT2D eigenvalue weighted by Gasteiger charge is -2.34. The molecular formula is C23H28N4O2. The van der Waals surface area contributed by atoms with Crippen LogP contribution < -0.4 is 4.90 Å². The molecule has 1 fully saturated rings. The van der Waals surface area contributed by atoms with E-state index in [0.717, 1.165) is 56.6 Å². The largest absolute Gasteiger partial charge is 0.342 e. The third-order valence-electron chi connectivity index (χ3n) is 6.13. The molecule has 6 nitrogen and oxygen atoms in total. The minimum Gasteiger partial charge on any atom is -0.342 e. The van der Waals surface area contributed by atoms with Crippen molar-refractivity contribution in [3.05, 3.63) is 59.9 Å². The average molecular weight is 393 g/mol. The molecule has 0 spiro atoms. The van der Waals surface area contributed by atoms with E-state index in [0.29, 0.717) is 17.5 Å². The highest BCUT2D eigenvalue weighted by Gasteiger charge is 2.29. The molecule has 1 aliphatic carbocycles. The van der Waals surface area contributed by atoms with Crippen LogP contribution in [-0.4, -0.2) is 47.0 Å². The molecule has 29 heavy (non-hydrogen) atoms. The number of piperidine rings is 1. The summed E-state index contributed by atoms with van der Waals surface area (Å²) in [6.45, 7) is 1.55. The lowest BCUT2D eigenvalue weighted by molar-refractivity contribution is -0.136. The van der Waals surface area contributed by atoms with E-state index in [1.807, 2.05) is 41.3 Å². The maximum Gasteiger partial charge on any atom is 0.278 e. The zero-order chi connectivity index (χ0) is 20.2. The van der Waals surface area contributed by atoms with E-state index in [1.54, 1.807) is 11.9 Å². The van der Waals surface area contributed by atoms with Crippen LogP contribution in [-0.2, 0) is 4.79 Å². The zero-order valence-electron chi connectivity index (χ0n) is 16.9. The number of aromatic nitrogens is 2. The van der Waals surface area contributed by atoms with E-state index in [1.165, 1.54) is 0 Å². The number of hydrogen-bond acceptors (Lipinski definition) is 3. The SMILES string of the molecule is CN(C(=O)c1cc(C2CCN(C(=O)C3CC=CCC3)CC2)[nH]n1)c1ccccc1. The highest BCUT2D eigenvalue weighted by molar-refractivity contribution is 6.04. The normalized spacial score (nSPS) is 19.9. The summed E-state index contributed by atoms with van der Waals surface area (Å²) in [4.78, 5) is 29.1. The second kappa shape index (κ2) is 8.64. The molecule has 0 saturated carbocycles. The van der Waals surface area contributed by atoms with E-state index in [-0.39, 0.29) is 11.8 Å². The van der Waals surface area contributed by atoms with E-state index in [9.17, 15) is 9.59 Å². The third-order valence-corrected chi connectivity index (χ3v) is 6.13. The maximum atomic E-state index is 12.7. The number of benzene rings is 1. The molecule has 152 valence electrons. The van der Waals surface area contributed by atoms with E-state index in [4.69, 9.17) is 0 Å². The quantitative estimate of drug-likeness (QED) is 0.806. The number of para-hydroxylation sites is 1. The Morgan fingerprint density at radius 1 is 1.10 bits per heavy atom.